The Kier molecular flexibility index (Phi) is 4.05. The van der Waals surface area contributed by atoms with E-state index in [1.54, 1.807) is 6.07 Å². The summed E-state index contributed by atoms with van der Waals surface area (Å²) < 4.78 is 0. The molecule has 1 N–H and O–H groups in total. The van der Waals surface area contributed by atoms with E-state index < -0.39 is 0 Å². The van der Waals surface area contributed by atoms with Gasteiger partial charge in [0.25, 0.3) is 5.91 Å². The second-order valence-corrected chi connectivity index (χ2v) is 5.84. The molecule has 0 atom stereocenters. The van der Waals surface area contributed by atoms with Gasteiger partial charge < -0.3 is 0 Å². The lowest BCUT2D eigenvalue weighted by Gasteiger charge is -2.06. The zero-order chi connectivity index (χ0) is 15.5. The van der Waals surface area contributed by atoms with E-state index in [0.29, 0.717) is 5.56 Å². The molecule has 0 unspecified atom stereocenters. The van der Waals surface area contributed by atoms with Crippen LogP contribution in [0.5, 0.6) is 0 Å². The molecule has 0 saturated carbocycles. The SMILES string of the molecule is CC(=NNC(=O)c1cccc(C)c1)c1ccc2c(c1)CCC2. The minimum absolute atomic E-state index is 0.177. The van der Waals surface area contributed by atoms with Crippen molar-refractivity contribution in [1.29, 1.82) is 0 Å². The second kappa shape index (κ2) is 6.14. The maximum Gasteiger partial charge on any atom is 0.271 e. The van der Waals surface area contributed by atoms with Gasteiger partial charge in [-0.2, -0.15) is 5.10 Å². The Balaban J connectivity index is 1.73. The van der Waals surface area contributed by atoms with Gasteiger partial charge in [-0.1, -0.05) is 29.8 Å². The third-order valence-electron chi connectivity index (χ3n) is 4.12. The third-order valence-corrected chi connectivity index (χ3v) is 4.12. The molecule has 112 valence electrons. The van der Waals surface area contributed by atoms with Gasteiger partial charge in [-0.05, 0) is 68.0 Å². The summed E-state index contributed by atoms with van der Waals surface area (Å²) in [5.74, 6) is -0.177. The van der Waals surface area contributed by atoms with Gasteiger partial charge in [0.05, 0.1) is 5.71 Å². The normalized spacial score (nSPS) is 13.8. The van der Waals surface area contributed by atoms with Crippen molar-refractivity contribution in [3.8, 4) is 0 Å². The van der Waals surface area contributed by atoms with Crippen LogP contribution in [0.15, 0.2) is 47.6 Å². The summed E-state index contributed by atoms with van der Waals surface area (Å²) in [6.07, 6.45) is 3.56. The number of nitrogens with one attached hydrogen (secondary N) is 1. The minimum Gasteiger partial charge on any atom is -0.267 e. The molecule has 3 rings (SSSR count). The standard InChI is InChI=1S/C19H20N2O/c1-13-5-3-8-18(11-13)19(22)21-20-14(2)16-10-9-15-6-4-7-17(15)12-16/h3,5,8-12H,4,6-7H2,1-2H3,(H,21,22). The van der Waals surface area contributed by atoms with Crippen molar-refractivity contribution in [2.75, 3.05) is 0 Å². The van der Waals surface area contributed by atoms with E-state index in [4.69, 9.17) is 0 Å². The molecule has 0 aromatic heterocycles. The number of aryl methyl sites for hydroxylation is 3. The van der Waals surface area contributed by atoms with Crippen molar-refractivity contribution in [3.63, 3.8) is 0 Å². The first-order valence-electron chi connectivity index (χ1n) is 7.67. The predicted molar refractivity (Wildman–Crippen MR) is 89.3 cm³/mol. The lowest BCUT2D eigenvalue weighted by molar-refractivity contribution is 0.0954. The highest BCUT2D eigenvalue weighted by atomic mass is 16.2. The van der Waals surface area contributed by atoms with Crippen molar-refractivity contribution in [1.82, 2.24) is 5.43 Å². The van der Waals surface area contributed by atoms with E-state index in [1.165, 1.54) is 24.0 Å². The molecule has 0 radical (unpaired) electrons. The number of amides is 1. The average Bonchev–Trinajstić information content (AvgIpc) is 2.99. The summed E-state index contributed by atoms with van der Waals surface area (Å²) in [7, 11) is 0. The van der Waals surface area contributed by atoms with E-state index in [9.17, 15) is 4.79 Å². The lowest BCUT2D eigenvalue weighted by Crippen LogP contribution is -2.19. The number of nitrogens with zero attached hydrogens (tertiary/aromatic N) is 1. The highest BCUT2D eigenvalue weighted by Gasteiger charge is 2.12. The Morgan fingerprint density at radius 1 is 1.05 bits per heavy atom. The van der Waals surface area contributed by atoms with Gasteiger partial charge in [-0.15, -0.1) is 0 Å². The molecular formula is C19H20N2O. The van der Waals surface area contributed by atoms with Gasteiger partial charge in [-0.3, -0.25) is 4.79 Å². The molecule has 3 heteroatoms. The summed E-state index contributed by atoms with van der Waals surface area (Å²) >= 11 is 0. The lowest BCUT2D eigenvalue weighted by atomic mass is 10.0. The van der Waals surface area contributed by atoms with Crippen molar-refractivity contribution in [3.05, 3.63) is 70.3 Å². The molecule has 2 aromatic rings. The maximum absolute atomic E-state index is 12.1. The van der Waals surface area contributed by atoms with E-state index >= 15 is 0 Å². The molecule has 3 nitrogen and oxygen atoms in total. The Bertz CT molecular complexity index is 747. The number of hydrogen-bond acceptors (Lipinski definition) is 2. The molecule has 0 spiro atoms. The maximum atomic E-state index is 12.1. The first-order valence-corrected chi connectivity index (χ1v) is 7.67. The van der Waals surface area contributed by atoms with Crippen LogP contribution in [0.2, 0.25) is 0 Å². The number of rotatable bonds is 3. The van der Waals surface area contributed by atoms with Crippen LogP contribution in [-0.4, -0.2) is 11.6 Å². The third kappa shape index (κ3) is 3.08. The van der Waals surface area contributed by atoms with Crippen LogP contribution in [0.4, 0.5) is 0 Å². The molecule has 0 bridgehead atoms. The van der Waals surface area contributed by atoms with Gasteiger partial charge in [0.15, 0.2) is 0 Å². The predicted octanol–water partition coefficient (Wildman–Crippen LogP) is 3.64. The average molecular weight is 292 g/mol. The number of hydrazone groups is 1. The summed E-state index contributed by atoms with van der Waals surface area (Å²) in [5.41, 5.74) is 9.10. The zero-order valence-corrected chi connectivity index (χ0v) is 13.0. The smallest absolute Gasteiger partial charge is 0.267 e. The monoisotopic (exact) mass is 292 g/mol. The number of hydrogen-bond donors (Lipinski definition) is 1. The fourth-order valence-corrected chi connectivity index (χ4v) is 2.85. The number of carbonyl (C=O) groups is 1. The topological polar surface area (TPSA) is 41.5 Å². The van der Waals surface area contributed by atoms with Crippen LogP contribution in [0.25, 0.3) is 0 Å². The Hall–Kier alpha value is -2.42. The molecule has 1 amide bonds. The number of carbonyl (C=O) groups excluding carboxylic acids is 1. The van der Waals surface area contributed by atoms with Crippen molar-refractivity contribution < 1.29 is 4.79 Å². The van der Waals surface area contributed by atoms with Crippen LogP contribution in [0, 0.1) is 6.92 Å². The summed E-state index contributed by atoms with van der Waals surface area (Å²) in [5, 5.41) is 4.24. The van der Waals surface area contributed by atoms with Gasteiger partial charge in [0.1, 0.15) is 0 Å². The van der Waals surface area contributed by atoms with E-state index in [0.717, 1.165) is 23.3 Å². The molecule has 0 saturated heterocycles. The molecule has 1 aliphatic rings. The largest absolute Gasteiger partial charge is 0.271 e. The Labute approximate surface area is 131 Å². The highest BCUT2D eigenvalue weighted by Crippen LogP contribution is 2.23. The van der Waals surface area contributed by atoms with Gasteiger partial charge in [0, 0.05) is 5.56 Å². The van der Waals surface area contributed by atoms with E-state index in [-0.39, 0.29) is 5.91 Å². The second-order valence-electron chi connectivity index (χ2n) is 5.84. The van der Waals surface area contributed by atoms with Crippen LogP contribution in [0.3, 0.4) is 0 Å². The van der Waals surface area contributed by atoms with Crippen LogP contribution in [-0.2, 0) is 12.8 Å². The minimum atomic E-state index is -0.177. The number of fused-ring (bicyclic) bond motifs is 1. The van der Waals surface area contributed by atoms with E-state index in [1.807, 2.05) is 32.0 Å². The summed E-state index contributed by atoms with van der Waals surface area (Å²) in [6, 6.07) is 14.0. The molecular weight excluding hydrogens is 272 g/mol. The van der Waals surface area contributed by atoms with Crippen molar-refractivity contribution >= 4 is 11.6 Å². The first-order chi connectivity index (χ1) is 10.6. The van der Waals surface area contributed by atoms with Crippen molar-refractivity contribution in [2.45, 2.75) is 33.1 Å². The molecule has 22 heavy (non-hydrogen) atoms. The van der Waals surface area contributed by atoms with Gasteiger partial charge >= 0.3 is 0 Å². The fourth-order valence-electron chi connectivity index (χ4n) is 2.85. The Morgan fingerprint density at radius 3 is 2.68 bits per heavy atom. The number of benzene rings is 2. The summed E-state index contributed by atoms with van der Waals surface area (Å²) in [4.78, 5) is 12.1. The zero-order valence-electron chi connectivity index (χ0n) is 13.0. The van der Waals surface area contributed by atoms with Crippen LogP contribution in [0.1, 0.15) is 46.0 Å². The molecule has 2 aromatic carbocycles. The Morgan fingerprint density at radius 2 is 1.86 bits per heavy atom. The van der Waals surface area contributed by atoms with Crippen molar-refractivity contribution in [2.24, 2.45) is 5.10 Å². The molecule has 0 fully saturated rings. The fraction of sp³-hybridized carbons (Fsp3) is 0.263. The van der Waals surface area contributed by atoms with Gasteiger partial charge in [0.2, 0.25) is 0 Å². The quantitative estimate of drug-likeness (QED) is 0.681. The van der Waals surface area contributed by atoms with Crippen LogP contribution >= 0.6 is 0 Å². The van der Waals surface area contributed by atoms with Crippen LogP contribution < -0.4 is 5.43 Å². The summed E-state index contributed by atoms with van der Waals surface area (Å²) in [6.45, 7) is 3.89. The van der Waals surface area contributed by atoms with E-state index in [2.05, 4.69) is 28.7 Å². The molecule has 0 aliphatic heterocycles. The van der Waals surface area contributed by atoms with Gasteiger partial charge in [-0.25, -0.2) is 5.43 Å². The highest BCUT2D eigenvalue weighted by molar-refractivity contribution is 6.01. The molecule has 0 heterocycles. The first kappa shape index (κ1) is 14.5. The molecule has 1 aliphatic carbocycles.